The SMILES string of the molecule is CCC1(P2C(C(C)C)CC[C@H]2C(C)C)CCCC1. The Bertz CT molecular complexity index is 247. The molecule has 0 radical (unpaired) electrons. The first-order chi connectivity index (χ1) is 8.52. The Kier molecular flexibility index (Phi) is 4.80. The molecule has 0 bridgehead atoms. The highest BCUT2D eigenvalue weighted by molar-refractivity contribution is 7.61. The van der Waals surface area contributed by atoms with Crippen LogP contribution in [0, 0.1) is 11.8 Å². The Morgan fingerprint density at radius 1 is 0.944 bits per heavy atom. The molecule has 3 atom stereocenters. The lowest BCUT2D eigenvalue weighted by atomic mass is 10.0. The average molecular weight is 268 g/mol. The maximum absolute atomic E-state index is 2.49. The lowest BCUT2D eigenvalue weighted by Gasteiger charge is -2.45. The fourth-order valence-electron chi connectivity index (χ4n) is 4.71. The molecular weight excluding hydrogens is 235 g/mol. The zero-order chi connectivity index (χ0) is 13.3. The fraction of sp³-hybridized carbons (Fsp3) is 1.00. The third kappa shape index (κ3) is 2.52. The van der Waals surface area contributed by atoms with Crippen molar-refractivity contribution in [3.63, 3.8) is 0 Å². The molecular formula is C17H33P. The van der Waals surface area contributed by atoms with E-state index < -0.39 is 0 Å². The quantitative estimate of drug-likeness (QED) is 0.546. The van der Waals surface area contributed by atoms with Crippen LogP contribution in [-0.4, -0.2) is 16.5 Å². The van der Waals surface area contributed by atoms with Crippen LogP contribution in [0.25, 0.3) is 0 Å². The third-order valence-corrected chi connectivity index (χ3v) is 10.7. The van der Waals surface area contributed by atoms with Crippen molar-refractivity contribution >= 4 is 7.92 Å². The van der Waals surface area contributed by atoms with Gasteiger partial charge in [-0.15, -0.1) is 0 Å². The molecule has 0 N–H and O–H groups in total. The van der Waals surface area contributed by atoms with Gasteiger partial charge in [-0.2, -0.15) is 0 Å². The zero-order valence-corrected chi connectivity index (χ0v) is 14.1. The number of rotatable bonds is 4. The Balaban J connectivity index is 2.27. The molecule has 0 aromatic heterocycles. The molecule has 106 valence electrons. The summed E-state index contributed by atoms with van der Waals surface area (Å²) in [5, 5.41) is 0.787. The summed E-state index contributed by atoms with van der Waals surface area (Å²) in [5.74, 6) is 1.84. The Labute approximate surface area is 116 Å². The first kappa shape index (κ1) is 14.8. The van der Waals surface area contributed by atoms with Crippen LogP contribution in [0.3, 0.4) is 0 Å². The first-order valence-electron chi connectivity index (χ1n) is 8.30. The monoisotopic (exact) mass is 268 g/mol. The highest BCUT2D eigenvalue weighted by atomic mass is 31.1. The summed E-state index contributed by atoms with van der Waals surface area (Å²) in [4.78, 5) is 0. The average Bonchev–Trinajstić information content (AvgIpc) is 2.96. The Hall–Kier alpha value is 0.430. The van der Waals surface area contributed by atoms with E-state index in [1.54, 1.807) is 12.8 Å². The van der Waals surface area contributed by atoms with E-state index in [9.17, 15) is 0 Å². The molecule has 2 unspecified atom stereocenters. The van der Waals surface area contributed by atoms with Crippen molar-refractivity contribution in [2.45, 2.75) is 96.0 Å². The minimum atomic E-state index is 0.264. The summed E-state index contributed by atoms with van der Waals surface area (Å²) in [6, 6.07) is 0. The maximum atomic E-state index is 2.49. The van der Waals surface area contributed by atoms with Crippen molar-refractivity contribution in [3.05, 3.63) is 0 Å². The summed E-state index contributed by atoms with van der Waals surface area (Å²) in [7, 11) is 0.264. The van der Waals surface area contributed by atoms with Gasteiger partial charge in [-0.1, -0.05) is 55.4 Å². The van der Waals surface area contributed by atoms with Crippen LogP contribution in [-0.2, 0) is 0 Å². The molecule has 2 fully saturated rings. The number of hydrogen-bond donors (Lipinski definition) is 0. The lowest BCUT2D eigenvalue weighted by molar-refractivity contribution is 0.539. The van der Waals surface area contributed by atoms with Crippen molar-refractivity contribution in [1.82, 2.24) is 0 Å². The van der Waals surface area contributed by atoms with Crippen LogP contribution < -0.4 is 0 Å². The van der Waals surface area contributed by atoms with E-state index >= 15 is 0 Å². The van der Waals surface area contributed by atoms with Crippen LogP contribution in [0.1, 0.15) is 79.6 Å². The highest BCUT2D eigenvalue weighted by Gasteiger charge is 2.50. The molecule has 1 aliphatic carbocycles. The molecule has 1 heterocycles. The molecule has 0 nitrogen and oxygen atoms in total. The van der Waals surface area contributed by atoms with E-state index in [-0.39, 0.29) is 7.92 Å². The number of hydrogen-bond acceptors (Lipinski definition) is 0. The smallest absolute Gasteiger partial charge is 0.00919 e. The minimum absolute atomic E-state index is 0.264. The molecule has 18 heavy (non-hydrogen) atoms. The van der Waals surface area contributed by atoms with Gasteiger partial charge in [0, 0.05) is 0 Å². The predicted octanol–water partition coefficient (Wildman–Crippen LogP) is 6.03. The van der Waals surface area contributed by atoms with Gasteiger partial charge in [0.15, 0.2) is 0 Å². The molecule has 0 spiro atoms. The highest BCUT2D eigenvalue weighted by Crippen LogP contribution is 2.72. The summed E-state index contributed by atoms with van der Waals surface area (Å²) >= 11 is 0. The Morgan fingerprint density at radius 2 is 1.39 bits per heavy atom. The van der Waals surface area contributed by atoms with Gasteiger partial charge in [0.1, 0.15) is 0 Å². The second-order valence-corrected chi connectivity index (χ2v) is 10.5. The van der Waals surface area contributed by atoms with Crippen molar-refractivity contribution in [2.75, 3.05) is 0 Å². The first-order valence-corrected chi connectivity index (χ1v) is 9.78. The second kappa shape index (κ2) is 5.82. The lowest BCUT2D eigenvalue weighted by Crippen LogP contribution is -2.31. The topological polar surface area (TPSA) is 0 Å². The zero-order valence-electron chi connectivity index (χ0n) is 13.2. The Morgan fingerprint density at radius 3 is 1.72 bits per heavy atom. The second-order valence-electron chi connectivity index (χ2n) is 7.39. The van der Waals surface area contributed by atoms with Crippen LogP contribution >= 0.6 is 7.92 Å². The van der Waals surface area contributed by atoms with Gasteiger partial charge in [-0.05, 0) is 60.4 Å². The van der Waals surface area contributed by atoms with Gasteiger partial charge >= 0.3 is 0 Å². The summed E-state index contributed by atoms with van der Waals surface area (Å²) < 4.78 is 0. The molecule has 0 aromatic carbocycles. The molecule has 2 rings (SSSR count). The standard InChI is InChI=1S/C17H33P/c1-6-17(11-7-8-12-17)18-15(13(2)3)9-10-16(18)14(4)5/h13-16H,6-12H2,1-5H3/t15-,16?,18?/m0/s1. The van der Waals surface area contributed by atoms with Crippen LogP contribution in [0.5, 0.6) is 0 Å². The van der Waals surface area contributed by atoms with E-state index in [2.05, 4.69) is 34.6 Å². The van der Waals surface area contributed by atoms with Crippen molar-refractivity contribution in [2.24, 2.45) is 11.8 Å². The van der Waals surface area contributed by atoms with E-state index in [0.29, 0.717) is 0 Å². The van der Waals surface area contributed by atoms with Crippen molar-refractivity contribution < 1.29 is 0 Å². The molecule has 1 heteroatoms. The molecule has 1 aliphatic heterocycles. The van der Waals surface area contributed by atoms with Gasteiger partial charge in [-0.3, -0.25) is 0 Å². The molecule has 0 aromatic rings. The van der Waals surface area contributed by atoms with Crippen molar-refractivity contribution in [3.8, 4) is 0 Å². The van der Waals surface area contributed by atoms with Gasteiger partial charge in [0.2, 0.25) is 0 Å². The predicted molar refractivity (Wildman–Crippen MR) is 84.9 cm³/mol. The molecule has 1 saturated heterocycles. The van der Waals surface area contributed by atoms with Crippen LogP contribution in [0.2, 0.25) is 0 Å². The van der Waals surface area contributed by atoms with Crippen LogP contribution in [0.4, 0.5) is 0 Å². The minimum Gasteiger partial charge on any atom is -0.0935 e. The molecule has 2 aliphatic rings. The van der Waals surface area contributed by atoms with E-state index in [0.717, 1.165) is 28.3 Å². The van der Waals surface area contributed by atoms with Gasteiger partial charge < -0.3 is 0 Å². The van der Waals surface area contributed by atoms with Crippen molar-refractivity contribution in [1.29, 1.82) is 0 Å². The van der Waals surface area contributed by atoms with E-state index in [1.165, 1.54) is 32.1 Å². The fourth-order valence-corrected chi connectivity index (χ4v) is 9.94. The maximum Gasteiger partial charge on any atom is -0.00919 e. The third-order valence-electron chi connectivity index (χ3n) is 5.75. The van der Waals surface area contributed by atoms with Gasteiger partial charge in [-0.25, -0.2) is 0 Å². The molecule has 1 saturated carbocycles. The van der Waals surface area contributed by atoms with Crippen LogP contribution in [0.15, 0.2) is 0 Å². The summed E-state index contributed by atoms with van der Waals surface area (Å²) in [5.41, 5.74) is 2.15. The largest absolute Gasteiger partial charge is 0.0935 e. The normalized spacial score (nSPS) is 35.8. The summed E-state index contributed by atoms with van der Waals surface area (Å²) in [6.45, 7) is 12.4. The van der Waals surface area contributed by atoms with E-state index in [1.807, 2.05) is 0 Å². The van der Waals surface area contributed by atoms with Gasteiger partial charge in [0.25, 0.3) is 0 Å². The summed E-state index contributed by atoms with van der Waals surface area (Å²) in [6.07, 6.45) is 10.7. The van der Waals surface area contributed by atoms with E-state index in [4.69, 9.17) is 0 Å². The molecule has 0 amide bonds. The van der Waals surface area contributed by atoms with Gasteiger partial charge in [0.05, 0.1) is 0 Å².